The Labute approximate surface area is 222 Å². The zero-order chi connectivity index (χ0) is 25.1. The second-order valence-corrected chi connectivity index (χ2v) is 11.7. The molecule has 1 atom stereocenters. The molecule has 34 heavy (non-hydrogen) atoms. The van der Waals surface area contributed by atoms with Crippen LogP contribution in [0.3, 0.4) is 0 Å². The Bertz CT molecular complexity index is 943. The van der Waals surface area contributed by atoms with E-state index in [4.69, 9.17) is 14.2 Å². The molecule has 0 spiro atoms. The van der Waals surface area contributed by atoms with Gasteiger partial charge >= 0.3 is 18.9 Å². The fourth-order valence-electron chi connectivity index (χ4n) is 3.65. The van der Waals surface area contributed by atoms with Gasteiger partial charge in [-0.25, -0.2) is 0 Å². The van der Waals surface area contributed by atoms with Gasteiger partial charge in [-0.3, -0.25) is 4.79 Å². The first-order chi connectivity index (χ1) is 15.2. The standard InChI is InChI=1S/C28H41O4P.Li.H/c1-16(2)30-22-14-23(31-17(3)4)26(24(15-22)32-18(5)6)33-27(29)25-19(7)12-21(13-20(25)8)28(9,10)11;;/h12-18,33H,1-11H3;;/q;+1;-1. The molecule has 0 aliphatic carbocycles. The van der Waals surface area contributed by atoms with Crippen LogP contribution < -0.4 is 38.4 Å². The fourth-order valence-corrected chi connectivity index (χ4v) is 4.91. The van der Waals surface area contributed by atoms with Crippen LogP contribution in [0.2, 0.25) is 0 Å². The second-order valence-electron chi connectivity index (χ2n) is 10.5. The summed E-state index contributed by atoms with van der Waals surface area (Å²) in [5, 5.41) is 0.789. The summed E-state index contributed by atoms with van der Waals surface area (Å²) in [6, 6.07) is 8.04. The third kappa shape index (κ3) is 8.33. The van der Waals surface area contributed by atoms with Crippen molar-refractivity contribution in [1.82, 2.24) is 0 Å². The maximum Gasteiger partial charge on any atom is 1.00 e. The van der Waals surface area contributed by atoms with Crippen LogP contribution in [-0.2, 0) is 5.41 Å². The summed E-state index contributed by atoms with van der Waals surface area (Å²) in [5.41, 5.74) is 4.16. The van der Waals surface area contributed by atoms with Gasteiger partial charge in [0.15, 0.2) is 5.52 Å². The minimum Gasteiger partial charge on any atom is -1.00 e. The van der Waals surface area contributed by atoms with Crippen LogP contribution in [0.5, 0.6) is 17.2 Å². The van der Waals surface area contributed by atoms with Crippen molar-refractivity contribution in [3.05, 3.63) is 46.5 Å². The molecule has 0 saturated carbocycles. The summed E-state index contributed by atoms with van der Waals surface area (Å²) in [4.78, 5) is 13.6. The molecule has 0 fully saturated rings. The predicted octanol–water partition coefficient (Wildman–Crippen LogP) is 4.22. The maximum absolute atomic E-state index is 13.6. The molecule has 0 amide bonds. The first kappa shape index (κ1) is 30.6. The van der Waals surface area contributed by atoms with Crippen molar-refractivity contribution < 1.29 is 39.3 Å². The van der Waals surface area contributed by atoms with Crippen LogP contribution in [-0.4, -0.2) is 23.8 Å². The fraction of sp³-hybridized carbons (Fsp3) is 0.536. The molecule has 0 bridgehead atoms. The van der Waals surface area contributed by atoms with Crippen molar-refractivity contribution >= 4 is 19.4 Å². The number of aryl methyl sites for hydroxylation is 2. The quantitative estimate of drug-likeness (QED) is 0.398. The predicted molar refractivity (Wildman–Crippen MR) is 142 cm³/mol. The Hall–Kier alpha value is -1.46. The monoisotopic (exact) mass is 480 g/mol. The van der Waals surface area contributed by atoms with Crippen molar-refractivity contribution in [1.29, 1.82) is 0 Å². The van der Waals surface area contributed by atoms with E-state index in [1.54, 1.807) is 0 Å². The smallest absolute Gasteiger partial charge is 1.00 e. The molecule has 2 aromatic carbocycles. The summed E-state index contributed by atoms with van der Waals surface area (Å²) in [5.74, 6) is 1.97. The molecule has 1 unspecified atom stereocenters. The van der Waals surface area contributed by atoms with E-state index in [-0.39, 0.29) is 58.1 Å². The average Bonchev–Trinajstić information content (AvgIpc) is 2.61. The Balaban J connectivity index is 0.00000578. The molecule has 4 nitrogen and oxygen atoms in total. The number of benzene rings is 2. The Morgan fingerprint density at radius 3 is 1.56 bits per heavy atom. The second kappa shape index (κ2) is 12.5. The van der Waals surface area contributed by atoms with Gasteiger partial charge in [-0.1, -0.05) is 32.9 Å². The van der Waals surface area contributed by atoms with Crippen molar-refractivity contribution in [3.8, 4) is 17.2 Å². The van der Waals surface area contributed by atoms with Crippen LogP contribution in [0.1, 0.15) is 90.8 Å². The zero-order valence-corrected chi connectivity index (χ0v) is 24.2. The molecule has 0 N–H and O–H groups in total. The summed E-state index contributed by atoms with van der Waals surface area (Å²) in [6.45, 7) is 22.5. The van der Waals surface area contributed by atoms with Crippen molar-refractivity contribution in [3.63, 3.8) is 0 Å². The third-order valence-corrected chi connectivity index (χ3v) is 6.22. The molecule has 6 heteroatoms. The largest absolute Gasteiger partial charge is 1.00 e. The SMILES string of the molecule is Cc1cc(C(C)(C)C)cc(C)c1C(=O)Pc1c(OC(C)C)cc(OC(C)C)cc1OC(C)C.[H-].[Li+]. The molecule has 2 rings (SSSR count). The zero-order valence-electron chi connectivity index (χ0n) is 24.2. The van der Waals surface area contributed by atoms with E-state index in [2.05, 4.69) is 32.9 Å². The van der Waals surface area contributed by atoms with Crippen LogP contribution >= 0.6 is 8.58 Å². The number of ether oxygens (including phenoxy) is 3. The molecule has 0 aromatic heterocycles. The number of carbonyl (C=O) groups excluding carboxylic acids is 1. The van der Waals surface area contributed by atoms with Crippen molar-refractivity contribution in [2.75, 3.05) is 0 Å². The van der Waals surface area contributed by atoms with Gasteiger partial charge in [0.25, 0.3) is 0 Å². The van der Waals surface area contributed by atoms with Gasteiger partial charge in [0, 0.05) is 17.7 Å². The third-order valence-electron chi connectivity index (χ3n) is 5.00. The van der Waals surface area contributed by atoms with Gasteiger partial charge in [-0.15, -0.1) is 0 Å². The van der Waals surface area contributed by atoms with E-state index in [1.807, 2.05) is 67.5 Å². The van der Waals surface area contributed by atoms with Gasteiger partial charge in [-0.2, -0.15) is 0 Å². The minimum atomic E-state index is -0.124. The van der Waals surface area contributed by atoms with E-state index < -0.39 is 0 Å². The van der Waals surface area contributed by atoms with Crippen molar-refractivity contribution in [2.24, 2.45) is 0 Å². The van der Waals surface area contributed by atoms with Gasteiger partial charge in [0.05, 0.1) is 23.6 Å². The van der Waals surface area contributed by atoms with Crippen LogP contribution in [0.25, 0.3) is 0 Å². The molecule has 0 saturated heterocycles. The number of rotatable bonds is 9. The topological polar surface area (TPSA) is 44.8 Å². The molecule has 184 valence electrons. The number of hydrogen-bond donors (Lipinski definition) is 0. The molecular formula is C28H42LiO4P. The molecule has 0 aliphatic heterocycles. The first-order valence-corrected chi connectivity index (χ1v) is 12.8. The van der Waals surface area contributed by atoms with Crippen LogP contribution in [0.4, 0.5) is 0 Å². The molecule has 0 radical (unpaired) electrons. The van der Waals surface area contributed by atoms with Crippen LogP contribution in [0, 0.1) is 13.8 Å². The molecule has 2 aromatic rings. The van der Waals surface area contributed by atoms with Gasteiger partial charge < -0.3 is 15.6 Å². The molecule has 0 heterocycles. The summed E-state index contributed by atoms with van der Waals surface area (Å²) in [7, 11) is -0.124. The molecule has 0 aliphatic rings. The Morgan fingerprint density at radius 2 is 1.21 bits per heavy atom. The Kier molecular flexibility index (Phi) is 11.2. The Morgan fingerprint density at radius 1 is 0.794 bits per heavy atom. The summed E-state index contributed by atoms with van der Waals surface area (Å²) >= 11 is 0. The van der Waals surface area contributed by atoms with Gasteiger partial charge in [-0.05, 0) is 86.1 Å². The molecular weight excluding hydrogens is 438 g/mol. The normalized spacial score (nSPS) is 11.9. The average molecular weight is 481 g/mol. The summed E-state index contributed by atoms with van der Waals surface area (Å²) < 4.78 is 18.2. The minimum absolute atomic E-state index is 0. The van der Waals surface area contributed by atoms with E-state index >= 15 is 0 Å². The van der Waals surface area contributed by atoms with Gasteiger partial charge in [0.2, 0.25) is 0 Å². The van der Waals surface area contributed by atoms with E-state index in [9.17, 15) is 4.79 Å². The van der Waals surface area contributed by atoms with E-state index in [0.29, 0.717) is 17.2 Å². The number of carbonyl (C=O) groups is 1. The van der Waals surface area contributed by atoms with Crippen LogP contribution in [0.15, 0.2) is 24.3 Å². The summed E-state index contributed by atoms with van der Waals surface area (Å²) in [6.07, 6.45) is -0.0656. The van der Waals surface area contributed by atoms with E-state index in [1.165, 1.54) is 5.56 Å². The van der Waals surface area contributed by atoms with Crippen molar-refractivity contribution in [2.45, 2.75) is 99.9 Å². The number of hydrogen-bond acceptors (Lipinski definition) is 4. The van der Waals surface area contributed by atoms with Gasteiger partial charge in [0.1, 0.15) is 17.2 Å². The maximum atomic E-state index is 13.6. The van der Waals surface area contributed by atoms with E-state index in [0.717, 1.165) is 22.0 Å². The first-order valence-electron chi connectivity index (χ1n) is 11.8.